The first-order chi connectivity index (χ1) is 35.1. The molecule has 0 spiro atoms. The molecule has 6 nitrogen and oxygen atoms in total. The highest BCUT2D eigenvalue weighted by molar-refractivity contribution is 5.99. The molecule has 0 aliphatic heterocycles. The number of hydrogen-bond acceptors (Lipinski definition) is 5. The fourth-order valence-corrected chi connectivity index (χ4v) is 10.1. The minimum atomic E-state index is -0.354. The lowest BCUT2D eigenvalue weighted by Gasteiger charge is -2.28. The molecule has 10 aromatic rings. The second-order valence-electron chi connectivity index (χ2n) is 23.9. The van der Waals surface area contributed by atoms with Crippen LogP contribution < -0.4 is 0 Å². The third-order valence-corrected chi connectivity index (χ3v) is 14.3. The Morgan fingerprint density at radius 3 is 1.68 bits per heavy atom. The molecular formula is C68H67N5O. The van der Waals surface area contributed by atoms with Crippen LogP contribution in [-0.2, 0) is 21.7 Å². The van der Waals surface area contributed by atoms with Gasteiger partial charge < -0.3 is 5.11 Å². The van der Waals surface area contributed by atoms with Gasteiger partial charge in [-0.2, -0.15) is 0 Å². The number of pyridine rings is 1. The molecule has 0 radical (unpaired) electrons. The van der Waals surface area contributed by atoms with Crippen LogP contribution in [-0.4, -0.2) is 29.6 Å². The molecule has 6 heteroatoms. The van der Waals surface area contributed by atoms with Crippen molar-refractivity contribution in [2.45, 2.75) is 105 Å². The first kappa shape index (κ1) is 49.6. The molecule has 0 aliphatic rings. The normalized spacial score (nSPS) is 12.4. The maximum Gasteiger partial charge on any atom is 0.149 e. The number of imidazole rings is 1. The lowest BCUT2D eigenvalue weighted by atomic mass is 9.79. The van der Waals surface area contributed by atoms with Crippen molar-refractivity contribution in [3.8, 4) is 89.8 Å². The van der Waals surface area contributed by atoms with Crippen molar-refractivity contribution in [1.82, 2.24) is 24.5 Å². The molecule has 74 heavy (non-hydrogen) atoms. The summed E-state index contributed by atoms with van der Waals surface area (Å²) in [5.74, 6) is 0.912. The minimum Gasteiger partial charge on any atom is -0.507 e. The molecular weight excluding hydrogens is 903 g/mol. The fraction of sp³-hybridized carbons (Fsp3) is 0.235. The van der Waals surface area contributed by atoms with Gasteiger partial charge >= 0.3 is 0 Å². The van der Waals surface area contributed by atoms with Gasteiger partial charge in [-0.3, -0.25) is 19.5 Å². The van der Waals surface area contributed by atoms with Crippen molar-refractivity contribution in [1.29, 1.82) is 0 Å². The number of aromatic hydroxyl groups is 1. The van der Waals surface area contributed by atoms with Crippen LogP contribution in [0.2, 0.25) is 0 Å². The lowest BCUT2D eigenvalue weighted by molar-refractivity contribution is 0.446. The van der Waals surface area contributed by atoms with E-state index in [1.807, 2.05) is 18.5 Å². The highest BCUT2D eigenvalue weighted by Gasteiger charge is 2.30. The first-order valence-electron chi connectivity index (χ1n) is 25.8. The number of phenols is 1. The van der Waals surface area contributed by atoms with E-state index in [9.17, 15) is 5.11 Å². The van der Waals surface area contributed by atoms with Crippen LogP contribution in [0.1, 0.15) is 105 Å². The quantitative estimate of drug-likeness (QED) is 0.164. The number of phenolic OH excluding ortho intramolecular Hbond substituents is 1. The van der Waals surface area contributed by atoms with E-state index in [4.69, 9.17) is 9.97 Å². The van der Waals surface area contributed by atoms with Gasteiger partial charge in [-0.15, -0.1) is 0 Å². The maximum absolute atomic E-state index is 12.7. The van der Waals surface area contributed by atoms with E-state index in [2.05, 4.69) is 249 Å². The maximum atomic E-state index is 12.7. The topological polar surface area (TPSA) is 76.7 Å². The van der Waals surface area contributed by atoms with Crippen molar-refractivity contribution in [3.63, 3.8) is 0 Å². The number of fused-ring (bicyclic) bond motifs is 1. The summed E-state index contributed by atoms with van der Waals surface area (Å²) in [4.78, 5) is 19.9. The molecule has 1 N–H and O–H groups in total. The molecule has 0 fully saturated rings. The van der Waals surface area contributed by atoms with E-state index < -0.39 is 0 Å². The summed E-state index contributed by atoms with van der Waals surface area (Å²) in [5, 5.41) is 12.7. The zero-order valence-electron chi connectivity index (χ0n) is 45.0. The highest BCUT2D eigenvalue weighted by atomic mass is 16.3. The van der Waals surface area contributed by atoms with Crippen LogP contribution in [0.25, 0.3) is 95.1 Å². The largest absolute Gasteiger partial charge is 0.507 e. The number of benzene rings is 7. The Hall–Kier alpha value is -7.96. The second kappa shape index (κ2) is 18.8. The summed E-state index contributed by atoms with van der Waals surface area (Å²) in [6.45, 7) is 26.8. The molecule has 370 valence electrons. The van der Waals surface area contributed by atoms with Crippen molar-refractivity contribution in [3.05, 3.63) is 205 Å². The summed E-state index contributed by atoms with van der Waals surface area (Å²) in [6, 6.07) is 56.6. The number of hydrogen-bond donors (Lipinski definition) is 1. The van der Waals surface area contributed by atoms with E-state index in [1.54, 1.807) is 12.4 Å². The Balaban J connectivity index is 1.30. The zero-order chi connectivity index (χ0) is 52.3. The van der Waals surface area contributed by atoms with Crippen molar-refractivity contribution in [2.75, 3.05) is 0 Å². The molecule has 10 rings (SSSR count). The van der Waals surface area contributed by atoms with Gasteiger partial charge in [0.25, 0.3) is 0 Å². The smallest absolute Gasteiger partial charge is 0.149 e. The van der Waals surface area contributed by atoms with Crippen LogP contribution in [0.5, 0.6) is 5.75 Å². The van der Waals surface area contributed by atoms with Crippen LogP contribution in [0.15, 0.2) is 183 Å². The van der Waals surface area contributed by atoms with Gasteiger partial charge in [0.05, 0.1) is 39.9 Å². The predicted octanol–water partition coefficient (Wildman–Crippen LogP) is 17.8. The van der Waals surface area contributed by atoms with Crippen LogP contribution in [0, 0.1) is 0 Å². The molecule has 0 atom stereocenters. The Morgan fingerprint density at radius 1 is 0.392 bits per heavy atom. The second-order valence-corrected chi connectivity index (χ2v) is 23.9. The SMILES string of the molecule is CC(C)(C)c1ccc(-n2c(-c3cc(C(C)(C)C)cc(C(C)(C)C)c3O)nc3c(-c4cc(-c5cc(-c6ccccc6)ccn5)cc(-c5ccc(-c6cnccn6)cc5C(C)(C)C)c4)cccc32)c(-c2ccccc2)c1. The molecule has 0 aliphatic carbocycles. The summed E-state index contributed by atoms with van der Waals surface area (Å²) in [7, 11) is 0. The van der Waals surface area contributed by atoms with E-state index in [0.717, 1.165) is 94.9 Å². The zero-order valence-corrected chi connectivity index (χ0v) is 45.0. The monoisotopic (exact) mass is 970 g/mol. The van der Waals surface area contributed by atoms with Crippen LogP contribution >= 0.6 is 0 Å². The van der Waals surface area contributed by atoms with Gasteiger partial charge in [0, 0.05) is 46.4 Å². The molecule has 0 saturated heterocycles. The summed E-state index contributed by atoms with van der Waals surface area (Å²) >= 11 is 0. The van der Waals surface area contributed by atoms with Gasteiger partial charge in [-0.25, -0.2) is 4.98 Å². The van der Waals surface area contributed by atoms with Crippen molar-refractivity contribution < 1.29 is 5.11 Å². The van der Waals surface area contributed by atoms with Gasteiger partial charge in [0.2, 0.25) is 0 Å². The van der Waals surface area contributed by atoms with E-state index in [1.165, 1.54) is 11.1 Å². The third kappa shape index (κ3) is 9.69. The molecule has 3 aromatic heterocycles. The Morgan fingerprint density at radius 2 is 1.03 bits per heavy atom. The number of para-hydroxylation sites is 1. The summed E-state index contributed by atoms with van der Waals surface area (Å²) < 4.78 is 2.29. The van der Waals surface area contributed by atoms with Gasteiger partial charge in [0.1, 0.15) is 11.6 Å². The van der Waals surface area contributed by atoms with E-state index in [0.29, 0.717) is 11.4 Å². The number of rotatable bonds is 8. The summed E-state index contributed by atoms with van der Waals surface area (Å²) in [5.41, 5.74) is 19.2. The summed E-state index contributed by atoms with van der Waals surface area (Å²) in [6.07, 6.45) is 7.19. The molecule has 0 amide bonds. The van der Waals surface area contributed by atoms with E-state index in [-0.39, 0.29) is 27.4 Å². The molecule has 0 saturated carbocycles. The Labute approximate surface area is 438 Å². The number of nitrogens with zero attached hydrogens (tertiary/aromatic N) is 5. The minimum absolute atomic E-state index is 0.100. The molecule has 0 bridgehead atoms. The standard InChI is InChI=1S/C68H67N5O/c1-65(2,3)50-27-29-60(54(39-50)44-22-17-14-18-23-44)73-61-25-19-24-53(62(61)72-64(73)55-40-51(66(4,5)6)41-57(63(55)74)68(10,11)12)48-34-47(35-49(36-48)58-38-45(30-31-70-58)43-20-15-13-16-21-43)52-28-26-46(37-56(52)67(7,8)9)59-42-69-32-33-71-59/h13-42,74H,1-12H3. The lowest BCUT2D eigenvalue weighted by Crippen LogP contribution is -2.17. The van der Waals surface area contributed by atoms with Crippen molar-refractivity contribution >= 4 is 11.0 Å². The average molecular weight is 970 g/mol. The average Bonchev–Trinajstić information content (AvgIpc) is 3.78. The van der Waals surface area contributed by atoms with E-state index >= 15 is 0 Å². The molecule has 3 heterocycles. The first-order valence-corrected chi connectivity index (χ1v) is 25.8. The third-order valence-electron chi connectivity index (χ3n) is 14.3. The molecule has 7 aromatic carbocycles. The van der Waals surface area contributed by atoms with Crippen molar-refractivity contribution in [2.24, 2.45) is 0 Å². The van der Waals surface area contributed by atoms with Crippen LogP contribution in [0.3, 0.4) is 0 Å². The van der Waals surface area contributed by atoms with Gasteiger partial charge in [-0.05, 0) is 132 Å². The fourth-order valence-electron chi connectivity index (χ4n) is 10.1. The van der Waals surface area contributed by atoms with Gasteiger partial charge in [0.15, 0.2) is 0 Å². The molecule has 0 unspecified atom stereocenters. The van der Waals surface area contributed by atoms with Gasteiger partial charge in [-0.1, -0.05) is 180 Å². The van der Waals surface area contributed by atoms with Crippen LogP contribution in [0.4, 0.5) is 0 Å². The highest BCUT2D eigenvalue weighted by Crippen LogP contribution is 2.47. The predicted molar refractivity (Wildman–Crippen MR) is 309 cm³/mol. The Bertz CT molecular complexity index is 3690. The number of aromatic nitrogens is 5. The Kier molecular flexibility index (Phi) is 12.6.